The molecule has 1 aliphatic heterocycles. The first-order chi connectivity index (χ1) is 12.5. The summed E-state index contributed by atoms with van der Waals surface area (Å²) >= 11 is 0. The molecule has 8 heteroatoms. The van der Waals surface area contributed by atoms with Crippen LogP contribution >= 0.6 is 0 Å². The summed E-state index contributed by atoms with van der Waals surface area (Å²) in [7, 11) is 0. The van der Waals surface area contributed by atoms with Crippen molar-refractivity contribution in [3.05, 3.63) is 30.1 Å². The second kappa shape index (κ2) is 6.35. The van der Waals surface area contributed by atoms with E-state index in [9.17, 15) is 15.0 Å². The highest BCUT2D eigenvalue weighted by molar-refractivity contribution is 5.97. The van der Waals surface area contributed by atoms with E-state index in [0.29, 0.717) is 31.1 Å². The van der Waals surface area contributed by atoms with Crippen LogP contribution in [-0.4, -0.2) is 59.9 Å². The van der Waals surface area contributed by atoms with Crippen molar-refractivity contribution >= 4 is 5.91 Å². The van der Waals surface area contributed by atoms with Gasteiger partial charge in [-0.3, -0.25) is 4.79 Å². The van der Waals surface area contributed by atoms with Crippen molar-refractivity contribution in [3.8, 4) is 11.4 Å². The third-order valence-corrected chi connectivity index (χ3v) is 6.04. The van der Waals surface area contributed by atoms with Crippen molar-refractivity contribution in [2.24, 2.45) is 11.8 Å². The minimum absolute atomic E-state index is 0.0625. The van der Waals surface area contributed by atoms with Crippen molar-refractivity contribution in [3.63, 3.8) is 0 Å². The summed E-state index contributed by atoms with van der Waals surface area (Å²) in [6, 6.07) is 4.74. The lowest BCUT2D eigenvalue weighted by Gasteiger charge is -2.40. The molecule has 2 aromatic rings. The van der Waals surface area contributed by atoms with Gasteiger partial charge in [-0.2, -0.15) is 0 Å². The summed E-state index contributed by atoms with van der Waals surface area (Å²) in [5, 5.41) is 32.2. The molecule has 1 aromatic heterocycles. The van der Waals surface area contributed by atoms with Crippen LogP contribution in [0.15, 0.2) is 24.5 Å². The zero-order valence-corrected chi connectivity index (χ0v) is 14.7. The topological polar surface area (TPSA) is 104 Å². The Morgan fingerprint density at radius 1 is 1.38 bits per heavy atom. The van der Waals surface area contributed by atoms with Crippen molar-refractivity contribution < 1.29 is 15.0 Å². The van der Waals surface area contributed by atoms with Crippen LogP contribution in [0.2, 0.25) is 0 Å². The van der Waals surface area contributed by atoms with E-state index in [1.54, 1.807) is 17.0 Å². The number of nitrogens with zero attached hydrogens (tertiary/aromatic N) is 5. The second-order valence-electron chi connectivity index (χ2n) is 7.38. The molecular weight excluding hydrogens is 334 g/mol. The standard InChI is InChI=1S/C18H23N5O3/c1-2-18(26)7-3-4-12-9-22(10-15(12)18)17(25)14-8-13(5-6-16(14)24)23-11-19-20-21-23/h5-6,8,11-12,15,24,26H,2-4,7,9-10H2,1H3/t12-,15+,18-/m0/s1. The van der Waals surface area contributed by atoms with Gasteiger partial charge in [-0.1, -0.05) is 13.3 Å². The molecule has 0 unspecified atom stereocenters. The maximum absolute atomic E-state index is 13.1. The number of carbonyl (C=O) groups is 1. The largest absolute Gasteiger partial charge is 0.507 e. The minimum atomic E-state index is -0.686. The molecule has 138 valence electrons. The van der Waals surface area contributed by atoms with E-state index >= 15 is 0 Å². The van der Waals surface area contributed by atoms with Crippen LogP contribution in [0.3, 0.4) is 0 Å². The highest BCUT2D eigenvalue weighted by Crippen LogP contribution is 2.44. The van der Waals surface area contributed by atoms with Crippen LogP contribution in [0.1, 0.15) is 43.0 Å². The number of benzene rings is 1. The smallest absolute Gasteiger partial charge is 0.257 e. The zero-order chi connectivity index (χ0) is 18.3. The van der Waals surface area contributed by atoms with E-state index in [1.807, 2.05) is 6.92 Å². The van der Waals surface area contributed by atoms with Gasteiger partial charge in [0.1, 0.15) is 12.1 Å². The Hall–Kier alpha value is -2.48. The number of aliphatic hydroxyl groups is 1. The van der Waals surface area contributed by atoms with Gasteiger partial charge >= 0.3 is 0 Å². The predicted octanol–water partition coefficient (Wildman–Crippen LogP) is 1.38. The third kappa shape index (κ3) is 2.74. The van der Waals surface area contributed by atoms with Crippen molar-refractivity contribution in [2.45, 2.75) is 38.2 Å². The Bertz CT molecular complexity index is 809. The molecule has 1 aromatic carbocycles. The third-order valence-electron chi connectivity index (χ3n) is 6.04. The first kappa shape index (κ1) is 17.0. The monoisotopic (exact) mass is 357 g/mol. The van der Waals surface area contributed by atoms with Crippen molar-refractivity contribution in [1.82, 2.24) is 25.1 Å². The van der Waals surface area contributed by atoms with Gasteiger partial charge in [0, 0.05) is 19.0 Å². The number of phenols is 1. The molecule has 2 heterocycles. The predicted molar refractivity (Wildman–Crippen MR) is 92.8 cm³/mol. The number of likely N-dealkylation sites (tertiary alicyclic amines) is 1. The number of carbonyl (C=O) groups excluding carboxylic acids is 1. The molecule has 26 heavy (non-hydrogen) atoms. The van der Waals surface area contributed by atoms with Crippen LogP contribution in [0.4, 0.5) is 0 Å². The molecule has 8 nitrogen and oxygen atoms in total. The number of phenolic OH excluding ortho intramolecular Hbond substituents is 1. The van der Waals surface area contributed by atoms with Gasteiger partial charge in [0.25, 0.3) is 5.91 Å². The Kier molecular flexibility index (Phi) is 4.14. The molecule has 2 fully saturated rings. The lowest BCUT2D eigenvalue weighted by Crippen LogP contribution is -2.44. The van der Waals surface area contributed by atoms with Gasteiger partial charge in [-0.15, -0.1) is 5.10 Å². The Labute approximate surface area is 151 Å². The molecule has 0 spiro atoms. The van der Waals surface area contributed by atoms with E-state index in [0.717, 1.165) is 19.3 Å². The maximum atomic E-state index is 13.1. The molecule has 2 N–H and O–H groups in total. The molecule has 0 bridgehead atoms. The van der Waals surface area contributed by atoms with Crippen LogP contribution in [0.5, 0.6) is 5.75 Å². The number of aromatic hydroxyl groups is 1. The lowest BCUT2D eigenvalue weighted by atomic mass is 9.69. The van der Waals surface area contributed by atoms with E-state index in [-0.39, 0.29) is 23.1 Å². The van der Waals surface area contributed by atoms with Gasteiger partial charge < -0.3 is 15.1 Å². The number of tetrazole rings is 1. The van der Waals surface area contributed by atoms with E-state index in [2.05, 4.69) is 15.5 Å². The van der Waals surface area contributed by atoms with Gasteiger partial charge in [0.05, 0.1) is 16.9 Å². The van der Waals surface area contributed by atoms with Crippen LogP contribution in [0, 0.1) is 11.8 Å². The average molecular weight is 357 g/mol. The Morgan fingerprint density at radius 3 is 2.96 bits per heavy atom. The summed E-state index contributed by atoms with van der Waals surface area (Å²) in [6.07, 6.45) is 4.97. The molecule has 4 rings (SSSR count). The maximum Gasteiger partial charge on any atom is 0.257 e. The van der Waals surface area contributed by atoms with E-state index < -0.39 is 5.60 Å². The molecule has 0 radical (unpaired) electrons. The summed E-state index contributed by atoms with van der Waals surface area (Å²) in [5.74, 6) is 0.148. The highest BCUT2D eigenvalue weighted by atomic mass is 16.3. The fraction of sp³-hybridized carbons (Fsp3) is 0.556. The normalized spacial score (nSPS) is 28.2. The van der Waals surface area contributed by atoms with E-state index in [1.165, 1.54) is 17.1 Å². The van der Waals surface area contributed by atoms with Crippen LogP contribution in [0.25, 0.3) is 5.69 Å². The first-order valence-corrected chi connectivity index (χ1v) is 9.10. The fourth-order valence-electron chi connectivity index (χ4n) is 4.52. The Balaban J connectivity index is 1.60. The van der Waals surface area contributed by atoms with Gasteiger partial charge in [0.15, 0.2) is 0 Å². The van der Waals surface area contributed by atoms with Crippen LogP contribution in [-0.2, 0) is 0 Å². The minimum Gasteiger partial charge on any atom is -0.507 e. The number of aromatic nitrogens is 4. The quantitative estimate of drug-likeness (QED) is 0.860. The highest BCUT2D eigenvalue weighted by Gasteiger charge is 2.48. The van der Waals surface area contributed by atoms with Crippen molar-refractivity contribution in [1.29, 1.82) is 0 Å². The molecule has 1 saturated heterocycles. The SMILES string of the molecule is CC[C@]1(O)CCC[C@H]2CN(C(=O)c3cc(-n4cnnn4)ccc3O)C[C@H]21. The molecular formula is C18H23N5O3. The molecule has 3 atom stereocenters. The number of hydrogen-bond acceptors (Lipinski definition) is 6. The second-order valence-corrected chi connectivity index (χ2v) is 7.38. The molecule has 2 aliphatic rings. The molecule has 1 aliphatic carbocycles. The summed E-state index contributed by atoms with van der Waals surface area (Å²) in [6.45, 7) is 3.16. The van der Waals surface area contributed by atoms with Gasteiger partial charge in [-0.05, 0) is 53.8 Å². The molecule has 1 saturated carbocycles. The average Bonchev–Trinajstić information content (AvgIpc) is 3.32. The number of hydrogen-bond donors (Lipinski definition) is 2. The van der Waals surface area contributed by atoms with Gasteiger partial charge in [0.2, 0.25) is 0 Å². The lowest BCUT2D eigenvalue weighted by molar-refractivity contribution is -0.0609. The van der Waals surface area contributed by atoms with Gasteiger partial charge in [-0.25, -0.2) is 4.68 Å². The fourth-order valence-corrected chi connectivity index (χ4v) is 4.52. The van der Waals surface area contributed by atoms with Crippen LogP contribution < -0.4 is 0 Å². The zero-order valence-electron chi connectivity index (χ0n) is 14.7. The Morgan fingerprint density at radius 2 is 2.23 bits per heavy atom. The first-order valence-electron chi connectivity index (χ1n) is 9.10. The van der Waals surface area contributed by atoms with Crippen molar-refractivity contribution in [2.75, 3.05) is 13.1 Å². The molecule has 1 amide bonds. The number of amides is 1. The summed E-state index contributed by atoms with van der Waals surface area (Å²) in [4.78, 5) is 14.8. The number of fused-ring (bicyclic) bond motifs is 1. The van der Waals surface area contributed by atoms with E-state index in [4.69, 9.17) is 0 Å². The number of rotatable bonds is 3. The summed E-state index contributed by atoms with van der Waals surface area (Å²) < 4.78 is 1.44. The summed E-state index contributed by atoms with van der Waals surface area (Å²) in [5.41, 5.74) is 0.156.